The number of anilines is 2. The Morgan fingerprint density at radius 1 is 0.833 bits per heavy atom. The van der Waals surface area contributed by atoms with Crippen LogP contribution in [-0.2, 0) is 0 Å². The summed E-state index contributed by atoms with van der Waals surface area (Å²) < 4.78 is 0. The molecule has 3 heteroatoms. The lowest BCUT2D eigenvalue weighted by Gasteiger charge is -2.27. The van der Waals surface area contributed by atoms with E-state index in [1.165, 1.54) is 0 Å². The van der Waals surface area contributed by atoms with Gasteiger partial charge in [0.1, 0.15) is 0 Å². The van der Waals surface area contributed by atoms with Crippen molar-refractivity contribution >= 4 is 11.4 Å². The highest BCUT2D eigenvalue weighted by Gasteiger charge is 2.18. The Labute approximate surface area is 111 Å². The number of aromatic hydroxyl groups is 1. The van der Waals surface area contributed by atoms with Crippen molar-refractivity contribution in [2.75, 3.05) is 10.6 Å². The molecule has 102 valence electrons. The van der Waals surface area contributed by atoms with Crippen LogP contribution in [0.5, 0.6) is 5.75 Å². The van der Waals surface area contributed by atoms with E-state index >= 15 is 0 Å². The molecule has 0 radical (unpaired) electrons. The SMILES string of the molecule is Cc1cc(NC(C)(C)C)c(O)c(NC(C)(C)C)c1. The molecule has 1 aromatic rings. The molecule has 0 unspecified atom stereocenters. The minimum absolute atomic E-state index is 0.0791. The van der Waals surface area contributed by atoms with Crippen molar-refractivity contribution in [3.05, 3.63) is 17.7 Å². The van der Waals surface area contributed by atoms with Crippen molar-refractivity contribution in [1.29, 1.82) is 0 Å². The Morgan fingerprint density at radius 3 is 1.44 bits per heavy atom. The van der Waals surface area contributed by atoms with Crippen LogP contribution in [0.3, 0.4) is 0 Å². The molecule has 0 saturated heterocycles. The Kier molecular flexibility index (Phi) is 3.84. The molecule has 0 amide bonds. The van der Waals surface area contributed by atoms with Crippen LogP contribution in [-0.4, -0.2) is 16.2 Å². The topological polar surface area (TPSA) is 44.3 Å². The minimum Gasteiger partial charge on any atom is -0.504 e. The summed E-state index contributed by atoms with van der Waals surface area (Å²) in [4.78, 5) is 0. The van der Waals surface area contributed by atoms with E-state index in [-0.39, 0.29) is 16.8 Å². The molecule has 0 aliphatic heterocycles. The summed E-state index contributed by atoms with van der Waals surface area (Å²) in [7, 11) is 0. The van der Waals surface area contributed by atoms with Crippen LogP contribution in [0.1, 0.15) is 47.1 Å². The molecule has 0 atom stereocenters. The second-order valence-electron chi connectivity index (χ2n) is 6.96. The summed E-state index contributed by atoms with van der Waals surface area (Å²) in [5.74, 6) is 0.283. The molecule has 3 N–H and O–H groups in total. The molecule has 1 rings (SSSR count). The van der Waals surface area contributed by atoms with E-state index in [2.05, 4.69) is 52.2 Å². The van der Waals surface area contributed by atoms with Crippen LogP contribution in [0.15, 0.2) is 12.1 Å². The maximum Gasteiger partial charge on any atom is 0.162 e. The summed E-state index contributed by atoms with van der Waals surface area (Å²) in [6, 6.07) is 3.93. The van der Waals surface area contributed by atoms with E-state index in [9.17, 15) is 5.11 Å². The molecule has 0 saturated carbocycles. The van der Waals surface area contributed by atoms with Gasteiger partial charge in [0.25, 0.3) is 0 Å². The van der Waals surface area contributed by atoms with E-state index in [1.54, 1.807) is 0 Å². The number of nitrogens with one attached hydrogen (secondary N) is 2. The molecule has 0 aliphatic rings. The molecule has 0 bridgehead atoms. The maximum atomic E-state index is 10.3. The lowest BCUT2D eigenvalue weighted by atomic mass is 10.0. The number of hydrogen-bond acceptors (Lipinski definition) is 3. The van der Waals surface area contributed by atoms with Crippen molar-refractivity contribution in [2.24, 2.45) is 0 Å². The Bertz CT molecular complexity index is 388. The zero-order valence-corrected chi connectivity index (χ0v) is 12.6. The zero-order valence-electron chi connectivity index (χ0n) is 12.6. The van der Waals surface area contributed by atoms with Crippen LogP contribution in [0.25, 0.3) is 0 Å². The predicted molar refractivity (Wildman–Crippen MR) is 79.6 cm³/mol. The molecule has 0 fully saturated rings. The van der Waals surface area contributed by atoms with E-state index in [4.69, 9.17) is 0 Å². The van der Waals surface area contributed by atoms with Gasteiger partial charge in [0, 0.05) is 11.1 Å². The quantitative estimate of drug-likeness (QED) is 0.692. The fraction of sp³-hybridized carbons (Fsp3) is 0.600. The van der Waals surface area contributed by atoms with Crippen molar-refractivity contribution in [1.82, 2.24) is 0 Å². The van der Waals surface area contributed by atoms with Gasteiger partial charge >= 0.3 is 0 Å². The van der Waals surface area contributed by atoms with Crippen LogP contribution in [0, 0.1) is 6.92 Å². The maximum absolute atomic E-state index is 10.3. The highest BCUT2D eigenvalue weighted by atomic mass is 16.3. The minimum atomic E-state index is -0.0791. The average Bonchev–Trinajstić information content (AvgIpc) is 2.07. The van der Waals surface area contributed by atoms with E-state index in [1.807, 2.05) is 19.1 Å². The molecule has 18 heavy (non-hydrogen) atoms. The number of aryl methyl sites for hydroxylation is 1. The molecule has 1 aromatic carbocycles. The van der Waals surface area contributed by atoms with Crippen molar-refractivity contribution in [3.8, 4) is 5.75 Å². The van der Waals surface area contributed by atoms with Gasteiger partial charge in [-0.25, -0.2) is 0 Å². The number of rotatable bonds is 2. The molecule has 0 heterocycles. The van der Waals surface area contributed by atoms with Gasteiger partial charge in [0.05, 0.1) is 11.4 Å². The summed E-state index contributed by atoms with van der Waals surface area (Å²) in [6.45, 7) is 14.5. The van der Waals surface area contributed by atoms with Crippen LogP contribution in [0.4, 0.5) is 11.4 Å². The molecule has 0 aliphatic carbocycles. The molecule has 0 spiro atoms. The number of hydrogen-bond donors (Lipinski definition) is 3. The second kappa shape index (κ2) is 4.71. The number of phenols is 1. The lowest BCUT2D eigenvalue weighted by Crippen LogP contribution is -2.28. The van der Waals surface area contributed by atoms with Crippen LogP contribution in [0.2, 0.25) is 0 Å². The number of benzene rings is 1. The summed E-state index contributed by atoms with van der Waals surface area (Å²) in [6.07, 6.45) is 0. The Balaban J connectivity index is 3.14. The van der Waals surface area contributed by atoms with Gasteiger partial charge in [-0.3, -0.25) is 0 Å². The largest absolute Gasteiger partial charge is 0.504 e. The third kappa shape index (κ3) is 4.47. The van der Waals surface area contributed by atoms with Gasteiger partial charge in [-0.05, 0) is 66.2 Å². The van der Waals surface area contributed by atoms with Gasteiger partial charge in [-0.15, -0.1) is 0 Å². The number of phenolic OH excluding ortho intramolecular Hbond substituents is 1. The van der Waals surface area contributed by atoms with Crippen molar-refractivity contribution in [2.45, 2.75) is 59.5 Å². The third-order valence-electron chi connectivity index (χ3n) is 2.27. The first-order valence-corrected chi connectivity index (χ1v) is 6.38. The van der Waals surface area contributed by atoms with Crippen molar-refractivity contribution in [3.63, 3.8) is 0 Å². The zero-order chi connectivity index (χ0) is 14.1. The molecule has 0 aromatic heterocycles. The van der Waals surface area contributed by atoms with Gasteiger partial charge in [-0.2, -0.15) is 0 Å². The fourth-order valence-electron chi connectivity index (χ4n) is 1.78. The Morgan fingerprint density at radius 2 is 1.17 bits per heavy atom. The fourth-order valence-corrected chi connectivity index (χ4v) is 1.78. The summed E-state index contributed by atoms with van der Waals surface area (Å²) >= 11 is 0. The Hall–Kier alpha value is -1.38. The summed E-state index contributed by atoms with van der Waals surface area (Å²) in [5.41, 5.74) is 2.50. The highest BCUT2D eigenvalue weighted by molar-refractivity contribution is 5.72. The van der Waals surface area contributed by atoms with Crippen LogP contribution < -0.4 is 10.6 Å². The molecular weight excluding hydrogens is 224 g/mol. The van der Waals surface area contributed by atoms with Gasteiger partial charge < -0.3 is 15.7 Å². The summed E-state index contributed by atoms with van der Waals surface area (Å²) in [5, 5.41) is 17.0. The average molecular weight is 250 g/mol. The van der Waals surface area contributed by atoms with Crippen molar-refractivity contribution < 1.29 is 5.11 Å². The first kappa shape index (κ1) is 14.7. The van der Waals surface area contributed by atoms with E-state index in [0.717, 1.165) is 16.9 Å². The predicted octanol–water partition coefficient (Wildman–Crippen LogP) is 4.12. The van der Waals surface area contributed by atoms with Gasteiger partial charge in [0.15, 0.2) is 5.75 Å². The lowest BCUT2D eigenvalue weighted by molar-refractivity contribution is 0.473. The van der Waals surface area contributed by atoms with Crippen LogP contribution >= 0.6 is 0 Å². The molecule has 3 nitrogen and oxygen atoms in total. The second-order valence-corrected chi connectivity index (χ2v) is 6.96. The highest BCUT2D eigenvalue weighted by Crippen LogP contribution is 2.36. The van der Waals surface area contributed by atoms with Gasteiger partial charge in [-0.1, -0.05) is 0 Å². The molecular formula is C15H26N2O. The van der Waals surface area contributed by atoms with E-state index in [0.29, 0.717) is 0 Å². The standard InChI is InChI=1S/C15H26N2O/c1-10-8-11(16-14(2,3)4)13(18)12(9-10)17-15(5,6)7/h8-9,16-18H,1-7H3. The monoisotopic (exact) mass is 250 g/mol. The van der Waals surface area contributed by atoms with Gasteiger partial charge in [0.2, 0.25) is 0 Å². The normalized spacial score (nSPS) is 12.4. The third-order valence-corrected chi connectivity index (χ3v) is 2.27. The first-order chi connectivity index (χ1) is 7.98. The van der Waals surface area contributed by atoms with E-state index < -0.39 is 0 Å². The smallest absolute Gasteiger partial charge is 0.162 e. The first-order valence-electron chi connectivity index (χ1n) is 6.38.